The highest BCUT2D eigenvalue weighted by Crippen LogP contribution is 2.30. The van der Waals surface area contributed by atoms with Crippen LogP contribution < -0.4 is 10.5 Å². The molecular weight excluding hydrogens is 298 g/mol. The van der Waals surface area contributed by atoms with Crippen LogP contribution in [0.2, 0.25) is 0 Å². The lowest BCUT2D eigenvalue weighted by atomic mass is 9.90. The van der Waals surface area contributed by atoms with Crippen molar-refractivity contribution in [3.8, 4) is 0 Å². The number of oxime groups is 1. The normalized spacial score (nSPS) is 20.5. The Bertz CT molecular complexity index is 559. The van der Waals surface area contributed by atoms with Crippen LogP contribution in [0, 0.1) is 0 Å². The van der Waals surface area contributed by atoms with Gasteiger partial charge in [0.05, 0.1) is 5.54 Å². The zero-order valence-electron chi connectivity index (χ0n) is 11.1. The van der Waals surface area contributed by atoms with Crippen LogP contribution in [0.3, 0.4) is 0 Å². The predicted molar refractivity (Wildman–Crippen MR) is 78.5 cm³/mol. The summed E-state index contributed by atoms with van der Waals surface area (Å²) in [4.78, 5) is 0. The molecule has 6 nitrogen and oxygen atoms in total. The molecule has 8 heteroatoms. The van der Waals surface area contributed by atoms with E-state index in [0.29, 0.717) is 12.8 Å². The van der Waals surface area contributed by atoms with Crippen molar-refractivity contribution >= 4 is 27.2 Å². The van der Waals surface area contributed by atoms with Gasteiger partial charge < -0.3 is 10.9 Å². The van der Waals surface area contributed by atoms with Gasteiger partial charge >= 0.3 is 0 Å². The molecular formula is C12H19N3O3S2. The topological polar surface area (TPSA) is 105 Å². The van der Waals surface area contributed by atoms with E-state index in [1.165, 1.54) is 0 Å². The molecule has 4 N–H and O–H groups in total. The fraction of sp³-hybridized carbons (Fsp3) is 0.583. The minimum absolute atomic E-state index is 0.0560. The van der Waals surface area contributed by atoms with Crippen LogP contribution in [-0.4, -0.2) is 25.0 Å². The molecule has 1 aliphatic rings. The number of hydrogen-bond donors (Lipinski definition) is 3. The van der Waals surface area contributed by atoms with Gasteiger partial charge in [0.1, 0.15) is 4.21 Å². The summed E-state index contributed by atoms with van der Waals surface area (Å²) < 4.78 is 27.7. The number of sulfonamides is 1. The highest BCUT2D eigenvalue weighted by atomic mass is 32.2. The monoisotopic (exact) mass is 317 g/mol. The number of amidine groups is 1. The molecule has 0 saturated heterocycles. The highest BCUT2D eigenvalue weighted by Gasteiger charge is 2.40. The first-order chi connectivity index (χ1) is 9.50. The highest BCUT2D eigenvalue weighted by molar-refractivity contribution is 7.91. The Hall–Kier alpha value is -1.12. The Morgan fingerprint density at radius 1 is 1.35 bits per heavy atom. The maximum Gasteiger partial charge on any atom is 0.250 e. The van der Waals surface area contributed by atoms with Crippen LogP contribution in [0.25, 0.3) is 0 Å². The van der Waals surface area contributed by atoms with Gasteiger partial charge in [0.15, 0.2) is 5.84 Å². The summed E-state index contributed by atoms with van der Waals surface area (Å²) in [5, 5.41) is 13.8. The van der Waals surface area contributed by atoms with Crippen molar-refractivity contribution in [2.45, 2.75) is 48.3 Å². The first-order valence-corrected chi connectivity index (χ1v) is 8.92. The Balaban J connectivity index is 2.33. The third kappa shape index (κ3) is 3.13. The summed E-state index contributed by atoms with van der Waals surface area (Å²) in [7, 11) is -3.65. The van der Waals surface area contributed by atoms with Gasteiger partial charge in [-0.3, -0.25) is 0 Å². The number of rotatable bonds is 4. The van der Waals surface area contributed by atoms with Crippen molar-refractivity contribution in [2.24, 2.45) is 10.9 Å². The lowest BCUT2D eigenvalue weighted by Gasteiger charge is -2.31. The van der Waals surface area contributed by atoms with E-state index < -0.39 is 15.6 Å². The van der Waals surface area contributed by atoms with Gasteiger partial charge in [-0.15, -0.1) is 11.3 Å². The summed E-state index contributed by atoms with van der Waals surface area (Å²) in [5.74, 6) is -0.0560. The van der Waals surface area contributed by atoms with E-state index in [1.54, 1.807) is 17.5 Å². The van der Waals surface area contributed by atoms with Gasteiger partial charge in [-0.2, -0.15) is 4.72 Å². The summed E-state index contributed by atoms with van der Waals surface area (Å²) in [6.07, 6.45) is 4.86. The summed E-state index contributed by atoms with van der Waals surface area (Å²) in [6.45, 7) is 0. The van der Waals surface area contributed by atoms with Gasteiger partial charge in [-0.1, -0.05) is 36.9 Å². The minimum atomic E-state index is -3.65. The molecule has 1 fully saturated rings. The van der Waals surface area contributed by atoms with Crippen LogP contribution in [0.4, 0.5) is 0 Å². The van der Waals surface area contributed by atoms with Gasteiger partial charge in [-0.25, -0.2) is 8.42 Å². The molecule has 2 rings (SSSR count). The zero-order chi connectivity index (χ0) is 14.6. The molecule has 0 aliphatic heterocycles. The molecule has 0 radical (unpaired) electrons. The number of hydrogen-bond acceptors (Lipinski definition) is 5. The Morgan fingerprint density at radius 3 is 2.50 bits per heavy atom. The van der Waals surface area contributed by atoms with Crippen LogP contribution in [-0.2, 0) is 10.0 Å². The Kier molecular flexibility index (Phi) is 4.66. The number of thiophene rings is 1. The van der Waals surface area contributed by atoms with Crippen LogP contribution in [0.5, 0.6) is 0 Å². The Labute approximate surface area is 122 Å². The second-order valence-corrected chi connectivity index (χ2v) is 7.88. The second-order valence-electron chi connectivity index (χ2n) is 5.02. The molecule has 1 aromatic rings. The van der Waals surface area contributed by atoms with Crippen molar-refractivity contribution in [1.29, 1.82) is 0 Å². The fourth-order valence-corrected chi connectivity index (χ4v) is 4.99. The number of nitrogens with zero attached hydrogens (tertiary/aromatic N) is 1. The third-order valence-electron chi connectivity index (χ3n) is 3.64. The van der Waals surface area contributed by atoms with Crippen molar-refractivity contribution < 1.29 is 13.6 Å². The maximum atomic E-state index is 12.4. The lowest BCUT2D eigenvalue weighted by molar-refractivity contribution is 0.306. The predicted octanol–water partition coefficient (Wildman–Crippen LogP) is 1.87. The van der Waals surface area contributed by atoms with E-state index in [4.69, 9.17) is 10.9 Å². The van der Waals surface area contributed by atoms with E-state index >= 15 is 0 Å². The zero-order valence-corrected chi connectivity index (χ0v) is 12.7. The number of nitrogens with two attached hydrogens (primary N) is 1. The van der Waals surface area contributed by atoms with Crippen molar-refractivity contribution in [2.75, 3.05) is 0 Å². The molecule has 0 amide bonds. The maximum absolute atomic E-state index is 12.4. The van der Waals surface area contributed by atoms with Crippen molar-refractivity contribution in [3.05, 3.63) is 17.5 Å². The molecule has 1 aliphatic carbocycles. The van der Waals surface area contributed by atoms with Gasteiger partial charge in [-0.05, 0) is 24.3 Å². The molecule has 20 heavy (non-hydrogen) atoms. The number of nitrogens with one attached hydrogen (secondary N) is 1. The van der Waals surface area contributed by atoms with Crippen LogP contribution in [0.15, 0.2) is 26.9 Å². The Morgan fingerprint density at radius 2 is 2.00 bits per heavy atom. The van der Waals surface area contributed by atoms with Crippen molar-refractivity contribution in [3.63, 3.8) is 0 Å². The van der Waals surface area contributed by atoms with Crippen LogP contribution in [0.1, 0.15) is 38.5 Å². The first kappa shape index (κ1) is 15.3. The third-order valence-corrected chi connectivity index (χ3v) is 6.58. The van der Waals surface area contributed by atoms with E-state index in [1.807, 2.05) is 0 Å². The summed E-state index contributed by atoms with van der Waals surface area (Å²) >= 11 is 1.15. The van der Waals surface area contributed by atoms with E-state index in [2.05, 4.69) is 9.88 Å². The van der Waals surface area contributed by atoms with Crippen LogP contribution >= 0.6 is 11.3 Å². The van der Waals surface area contributed by atoms with E-state index in [0.717, 1.165) is 37.0 Å². The molecule has 0 aromatic carbocycles. The molecule has 0 unspecified atom stereocenters. The molecule has 0 atom stereocenters. The largest absolute Gasteiger partial charge is 0.409 e. The fourth-order valence-electron chi connectivity index (χ4n) is 2.56. The molecule has 1 aromatic heterocycles. The lowest BCUT2D eigenvalue weighted by Crippen LogP contribution is -2.57. The second kappa shape index (κ2) is 6.11. The molecule has 0 spiro atoms. The molecule has 0 bridgehead atoms. The molecule has 1 saturated carbocycles. The summed E-state index contributed by atoms with van der Waals surface area (Å²) in [6, 6.07) is 3.23. The quantitative estimate of drug-likeness (QED) is 0.259. The van der Waals surface area contributed by atoms with Gasteiger partial charge in [0.25, 0.3) is 10.0 Å². The van der Waals surface area contributed by atoms with E-state index in [9.17, 15) is 8.42 Å². The van der Waals surface area contributed by atoms with Gasteiger partial charge in [0, 0.05) is 0 Å². The van der Waals surface area contributed by atoms with E-state index in [-0.39, 0.29) is 10.0 Å². The first-order valence-electron chi connectivity index (χ1n) is 6.56. The van der Waals surface area contributed by atoms with Crippen molar-refractivity contribution in [1.82, 2.24) is 4.72 Å². The smallest absolute Gasteiger partial charge is 0.250 e. The van der Waals surface area contributed by atoms with Gasteiger partial charge in [0.2, 0.25) is 0 Å². The molecule has 112 valence electrons. The average molecular weight is 317 g/mol. The average Bonchev–Trinajstić information content (AvgIpc) is 2.87. The SMILES string of the molecule is N/C(=N/O)C1(NS(=O)(=O)c2cccs2)CCCCCC1. The standard InChI is InChI=1S/C12H19N3O3S2/c13-11(14-16)12(7-3-1-2-4-8-12)15-20(17,18)10-6-5-9-19-10/h5-6,9,15-16H,1-4,7-8H2,(H2,13,14). The minimum Gasteiger partial charge on any atom is -0.409 e. The summed E-state index contributed by atoms with van der Waals surface area (Å²) in [5.41, 5.74) is 4.81. The molecule has 1 heterocycles.